The number of ether oxygens (including phenoxy) is 2. The van der Waals surface area contributed by atoms with Crippen molar-refractivity contribution in [2.45, 2.75) is 52.2 Å². The molecule has 0 radical (unpaired) electrons. The van der Waals surface area contributed by atoms with Crippen molar-refractivity contribution >= 4 is 22.7 Å². The molecule has 1 fully saturated rings. The Kier molecular flexibility index (Phi) is 8.08. The summed E-state index contributed by atoms with van der Waals surface area (Å²) < 4.78 is 12.8. The van der Waals surface area contributed by atoms with Gasteiger partial charge in [0.2, 0.25) is 5.91 Å². The first-order valence-corrected chi connectivity index (χ1v) is 14.3. The molecule has 3 aromatic rings. The van der Waals surface area contributed by atoms with Gasteiger partial charge in [-0.2, -0.15) is 0 Å². The number of nitrogens with zero attached hydrogens (tertiary/aromatic N) is 3. The van der Waals surface area contributed by atoms with Gasteiger partial charge in [-0.25, -0.2) is 0 Å². The van der Waals surface area contributed by atoms with E-state index in [1.807, 2.05) is 60.0 Å². The van der Waals surface area contributed by atoms with Crippen molar-refractivity contribution in [2.24, 2.45) is 11.8 Å². The van der Waals surface area contributed by atoms with Crippen LogP contribution in [0.25, 0.3) is 10.9 Å². The highest BCUT2D eigenvalue weighted by Gasteiger charge is 2.47. The largest absolute Gasteiger partial charge is 0.497 e. The van der Waals surface area contributed by atoms with Crippen molar-refractivity contribution in [1.82, 2.24) is 19.7 Å². The number of fused-ring (bicyclic) bond motifs is 3. The van der Waals surface area contributed by atoms with Crippen LogP contribution in [-0.4, -0.2) is 72.1 Å². The number of piperidine rings is 1. The van der Waals surface area contributed by atoms with Gasteiger partial charge in [0.05, 0.1) is 26.3 Å². The van der Waals surface area contributed by atoms with Gasteiger partial charge in [0, 0.05) is 37.6 Å². The van der Waals surface area contributed by atoms with E-state index < -0.39 is 5.54 Å². The Morgan fingerprint density at radius 3 is 2.48 bits per heavy atom. The molecule has 2 aliphatic rings. The summed E-state index contributed by atoms with van der Waals surface area (Å²) >= 11 is 0. The van der Waals surface area contributed by atoms with Crippen molar-refractivity contribution < 1.29 is 19.1 Å². The zero-order valence-corrected chi connectivity index (χ0v) is 24.4. The maximum absolute atomic E-state index is 14.1. The summed E-state index contributed by atoms with van der Waals surface area (Å²) in [6.45, 7) is 10.9. The quantitative estimate of drug-likeness (QED) is 0.399. The second-order valence-corrected chi connectivity index (χ2v) is 11.9. The zero-order chi connectivity index (χ0) is 28.4. The molecule has 3 atom stereocenters. The first-order chi connectivity index (χ1) is 19.2. The highest BCUT2D eigenvalue weighted by atomic mass is 16.5. The summed E-state index contributed by atoms with van der Waals surface area (Å²) in [4.78, 5) is 32.3. The van der Waals surface area contributed by atoms with Crippen LogP contribution in [0.3, 0.4) is 0 Å². The Labute approximate surface area is 237 Å². The number of amides is 2. The third-order valence-corrected chi connectivity index (χ3v) is 8.48. The van der Waals surface area contributed by atoms with E-state index in [4.69, 9.17) is 9.47 Å². The lowest BCUT2D eigenvalue weighted by molar-refractivity contribution is -0.133. The summed E-state index contributed by atoms with van der Waals surface area (Å²) in [5.41, 5.74) is 1.28. The topological polar surface area (TPSA) is 76.0 Å². The molecule has 3 heterocycles. The lowest BCUT2D eigenvalue weighted by Gasteiger charge is -2.44. The first kappa shape index (κ1) is 28.0. The van der Waals surface area contributed by atoms with Gasteiger partial charge >= 0.3 is 0 Å². The summed E-state index contributed by atoms with van der Waals surface area (Å²) in [6, 6.07) is 15.4. The van der Waals surface area contributed by atoms with Crippen LogP contribution < -0.4 is 14.8 Å². The predicted molar refractivity (Wildman–Crippen MR) is 157 cm³/mol. The summed E-state index contributed by atoms with van der Waals surface area (Å²) in [7, 11) is 3.26. The Hall–Kier alpha value is -3.52. The molecule has 0 aliphatic carbocycles. The monoisotopic (exact) mass is 546 g/mol. The average molecular weight is 547 g/mol. The standard InChI is InChI=1S/C32H42N4O4/c1-22-14-23(2)19-34(18-22)13-7-12-33-31(38)32(3)21-35-28-17-27(40-5)11-10-25(28)16-29(35)30(37)36(32)20-24-8-6-9-26(15-24)39-4/h6,8-11,15-17,22-23H,7,12-14,18-21H2,1-5H3,(H,33,38). The molecule has 8 heteroatoms. The highest BCUT2D eigenvalue weighted by Crippen LogP contribution is 2.35. The molecule has 8 nitrogen and oxygen atoms in total. The first-order valence-electron chi connectivity index (χ1n) is 14.3. The molecule has 3 unspecified atom stereocenters. The van der Waals surface area contributed by atoms with Gasteiger partial charge in [0.1, 0.15) is 22.7 Å². The van der Waals surface area contributed by atoms with Crippen LogP contribution in [0.5, 0.6) is 11.5 Å². The molecule has 1 aromatic heterocycles. The van der Waals surface area contributed by atoms with Crippen LogP contribution >= 0.6 is 0 Å². The second-order valence-electron chi connectivity index (χ2n) is 11.9. The van der Waals surface area contributed by atoms with Crippen LogP contribution in [0.4, 0.5) is 0 Å². The van der Waals surface area contributed by atoms with Crippen LogP contribution in [0.15, 0.2) is 48.5 Å². The third-order valence-electron chi connectivity index (χ3n) is 8.48. The van der Waals surface area contributed by atoms with E-state index in [0.717, 1.165) is 48.3 Å². The van der Waals surface area contributed by atoms with Gasteiger partial charge in [-0.05, 0) is 74.0 Å². The highest BCUT2D eigenvalue weighted by molar-refractivity contribution is 6.03. The molecular formula is C32H42N4O4. The number of hydrogen-bond donors (Lipinski definition) is 1. The number of benzene rings is 2. The Balaban J connectivity index is 1.39. The lowest BCUT2D eigenvalue weighted by atomic mass is 9.92. The second kappa shape index (κ2) is 11.5. The molecule has 2 amide bonds. The number of rotatable bonds is 9. The Bertz CT molecular complexity index is 1370. The minimum Gasteiger partial charge on any atom is -0.497 e. The molecule has 0 saturated carbocycles. The summed E-state index contributed by atoms with van der Waals surface area (Å²) in [5, 5.41) is 4.13. The molecule has 1 N–H and O–H groups in total. The average Bonchev–Trinajstić information content (AvgIpc) is 3.30. The predicted octanol–water partition coefficient (Wildman–Crippen LogP) is 4.56. The molecule has 0 bridgehead atoms. The van der Waals surface area contributed by atoms with E-state index in [-0.39, 0.29) is 11.8 Å². The minimum absolute atomic E-state index is 0.139. The smallest absolute Gasteiger partial charge is 0.271 e. The van der Waals surface area contributed by atoms with Crippen molar-refractivity contribution in [2.75, 3.05) is 40.4 Å². The molecule has 2 aliphatic heterocycles. The summed E-state index contributed by atoms with van der Waals surface area (Å²) in [6.07, 6.45) is 2.16. The molecular weight excluding hydrogens is 504 g/mol. The number of methoxy groups -OCH3 is 2. The fourth-order valence-electron chi connectivity index (χ4n) is 6.53. The number of aromatic nitrogens is 1. The van der Waals surface area contributed by atoms with Crippen molar-refractivity contribution in [3.8, 4) is 11.5 Å². The van der Waals surface area contributed by atoms with Crippen LogP contribution in [-0.2, 0) is 17.9 Å². The van der Waals surface area contributed by atoms with Gasteiger partial charge in [0.25, 0.3) is 5.91 Å². The number of nitrogens with one attached hydrogen (secondary N) is 1. The number of hydrogen-bond acceptors (Lipinski definition) is 5. The molecule has 5 rings (SSSR count). The van der Waals surface area contributed by atoms with E-state index in [1.54, 1.807) is 19.1 Å². The zero-order valence-electron chi connectivity index (χ0n) is 24.4. The van der Waals surface area contributed by atoms with E-state index in [0.29, 0.717) is 42.9 Å². The van der Waals surface area contributed by atoms with Crippen molar-refractivity contribution in [1.29, 1.82) is 0 Å². The molecule has 40 heavy (non-hydrogen) atoms. The van der Waals surface area contributed by atoms with Gasteiger partial charge < -0.3 is 29.2 Å². The number of carbonyl (C=O) groups excluding carboxylic acids is 2. The molecule has 1 saturated heterocycles. The lowest BCUT2D eigenvalue weighted by Crippen LogP contribution is -2.63. The van der Waals surface area contributed by atoms with Gasteiger partial charge in [-0.1, -0.05) is 26.0 Å². The Morgan fingerprint density at radius 2 is 1.75 bits per heavy atom. The minimum atomic E-state index is -1.09. The third kappa shape index (κ3) is 5.55. The Morgan fingerprint density at radius 1 is 1.02 bits per heavy atom. The van der Waals surface area contributed by atoms with E-state index in [1.165, 1.54) is 6.42 Å². The molecule has 214 valence electrons. The van der Waals surface area contributed by atoms with Gasteiger partial charge in [-0.15, -0.1) is 0 Å². The number of carbonyl (C=O) groups is 2. The van der Waals surface area contributed by atoms with Crippen molar-refractivity contribution in [3.05, 3.63) is 59.8 Å². The van der Waals surface area contributed by atoms with E-state index in [2.05, 4.69) is 24.1 Å². The van der Waals surface area contributed by atoms with Crippen molar-refractivity contribution in [3.63, 3.8) is 0 Å². The van der Waals surface area contributed by atoms with E-state index in [9.17, 15) is 9.59 Å². The maximum Gasteiger partial charge on any atom is 0.271 e. The van der Waals surface area contributed by atoms with Crippen LogP contribution in [0, 0.1) is 11.8 Å². The SMILES string of the molecule is COc1cccc(CN2C(=O)c3cc4ccc(OC)cc4n3CC2(C)C(=O)NCCCN2CC(C)CC(C)C2)c1. The van der Waals surface area contributed by atoms with Gasteiger partial charge in [0.15, 0.2) is 0 Å². The van der Waals surface area contributed by atoms with Gasteiger partial charge in [-0.3, -0.25) is 9.59 Å². The number of likely N-dealkylation sites (tertiary alicyclic amines) is 1. The van der Waals surface area contributed by atoms with Crippen LogP contribution in [0.2, 0.25) is 0 Å². The fraction of sp³-hybridized carbons (Fsp3) is 0.500. The summed E-state index contributed by atoms with van der Waals surface area (Å²) in [5.74, 6) is 2.54. The maximum atomic E-state index is 14.1. The molecule has 2 aromatic carbocycles. The normalized spacial score (nSPS) is 23.2. The van der Waals surface area contributed by atoms with Crippen LogP contribution in [0.1, 0.15) is 49.7 Å². The molecule has 0 spiro atoms. The van der Waals surface area contributed by atoms with E-state index >= 15 is 0 Å². The fourth-order valence-corrected chi connectivity index (χ4v) is 6.53.